The smallest absolute Gasteiger partial charge is 0.238 e. The maximum absolute atomic E-state index is 13.2. The number of thiophene rings is 1. The van der Waals surface area contributed by atoms with Gasteiger partial charge in [0, 0.05) is 50.5 Å². The second-order valence-electron chi connectivity index (χ2n) is 10.6. The molecular weight excluding hydrogens is 522 g/mol. The van der Waals surface area contributed by atoms with E-state index in [2.05, 4.69) is 27.2 Å². The molecule has 0 spiro atoms. The predicted octanol–water partition coefficient (Wildman–Crippen LogP) is 6.09. The first-order valence-electron chi connectivity index (χ1n) is 14.0. The third kappa shape index (κ3) is 4.66. The molecule has 40 heavy (non-hydrogen) atoms. The number of nitrogens with zero attached hydrogens (tertiary/aromatic N) is 2. The number of para-hydroxylation sites is 1. The molecule has 2 aromatic heterocycles. The number of anilines is 2. The van der Waals surface area contributed by atoms with Gasteiger partial charge in [-0.3, -0.25) is 14.5 Å². The fourth-order valence-electron chi connectivity index (χ4n) is 5.97. The Kier molecular flexibility index (Phi) is 6.75. The normalized spacial score (nSPS) is 16.6. The summed E-state index contributed by atoms with van der Waals surface area (Å²) in [6.45, 7) is 4.94. The second-order valence-corrected chi connectivity index (χ2v) is 11.6. The Morgan fingerprint density at radius 1 is 0.875 bits per heavy atom. The molecule has 8 heteroatoms. The summed E-state index contributed by atoms with van der Waals surface area (Å²) in [6.07, 6.45) is 3.54. The van der Waals surface area contributed by atoms with Crippen LogP contribution in [-0.4, -0.2) is 56.7 Å². The molecule has 2 fully saturated rings. The van der Waals surface area contributed by atoms with Crippen molar-refractivity contribution in [2.45, 2.75) is 19.3 Å². The highest BCUT2D eigenvalue weighted by atomic mass is 32.1. The molecule has 4 heterocycles. The zero-order valence-corrected chi connectivity index (χ0v) is 23.1. The van der Waals surface area contributed by atoms with Crippen LogP contribution in [0.25, 0.3) is 42.3 Å². The number of amides is 1. The Balaban J connectivity index is 1.35. The number of fused-ring (bicyclic) bond motifs is 4. The van der Waals surface area contributed by atoms with Crippen LogP contribution in [0, 0.1) is 0 Å². The molecule has 0 radical (unpaired) electrons. The standard InChI is InChI=1S/C32H31N3O4S/c36-26-19-29(35-15-17-38-18-16-35)39-31-21(8-6-9-23(26)31)22-11-12-25(33-28(37)20-34-13-4-1-5-14-34)30-24-7-2-3-10-27(24)40-32(22)30/h2-3,6-12,19H,1,4-5,13-18,20H2,(H,33,37). The van der Waals surface area contributed by atoms with Crippen molar-refractivity contribution < 1.29 is 13.9 Å². The van der Waals surface area contributed by atoms with Crippen LogP contribution in [-0.2, 0) is 9.53 Å². The van der Waals surface area contributed by atoms with E-state index in [1.807, 2.05) is 42.5 Å². The summed E-state index contributed by atoms with van der Waals surface area (Å²) in [7, 11) is 0. The zero-order chi connectivity index (χ0) is 27.1. The van der Waals surface area contributed by atoms with E-state index < -0.39 is 0 Å². The van der Waals surface area contributed by atoms with E-state index in [-0.39, 0.29) is 11.3 Å². The number of benzene rings is 3. The lowest BCUT2D eigenvalue weighted by Crippen LogP contribution is -2.36. The van der Waals surface area contributed by atoms with E-state index in [1.54, 1.807) is 17.4 Å². The van der Waals surface area contributed by atoms with E-state index in [4.69, 9.17) is 9.15 Å². The molecule has 3 aromatic carbocycles. The lowest BCUT2D eigenvalue weighted by Gasteiger charge is -2.27. The number of rotatable bonds is 5. The number of carbonyl (C=O) groups is 1. The van der Waals surface area contributed by atoms with Gasteiger partial charge in [-0.2, -0.15) is 0 Å². The molecule has 0 bridgehead atoms. The first kappa shape index (κ1) is 25.3. The van der Waals surface area contributed by atoms with Crippen molar-refractivity contribution in [3.63, 3.8) is 0 Å². The number of carbonyl (C=O) groups excluding carboxylic acids is 1. The molecular formula is C32H31N3O4S. The van der Waals surface area contributed by atoms with E-state index >= 15 is 0 Å². The number of hydrogen-bond acceptors (Lipinski definition) is 7. The highest BCUT2D eigenvalue weighted by molar-refractivity contribution is 7.26. The van der Waals surface area contributed by atoms with Crippen LogP contribution < -0.4 is 15.6 Å². The van der Waals surface area contributed by atoms with Gasteiger partial charge in [0.25, 0.3) is 0 Å². The van der Waals surface area contributed by atoms with E-state index in [0.717, 1.165) is 62.9 Å². The monoisotopic (exact) mass is 553 g/mol. The second kappa shape index (κ2) is 10.7. The van der Waals surface area contributed by atoms with Crippen molar-refractivity contribution in [2.24, 2.45) is 0 Å². The van der Waals surface area contributed by atoms with E-state index in [0.29, 0.717) is 49.7 Å². The van der Waals surface area contributed by atoms with Gasteiger partial charge in [-0.25, -0.2) is 0 Å². The maximum Gasteiger partial charge on any atom is 0.238 e. The molecule has 7 nitrogen and oxygen atoms in total. The Labute approximate surface area is 235 Å². The van der Waals surface area contributed by atoms with Crippen LogP contribution in [0.3, 0.4) is 0 Å². The van der Waals surface area contributed by atoms with Gasteiger partial charge < -0.3 is 19.4 Å². The number of ether oxygens (including phenoxy) is 1. The van der Waals surface area contributed by atoms with Crippen LogP contribution in [0.4, 0.5) is 11.6 Å². The van der Waals surface area contributed by atoms with Gasteiger partial charge >= 0.3 is 0 Å². The summed E-state index contributed by atoms with van der Waals surface area (Å²) in [6, 6.07) is 19.7. The number of nitrogens with one attached hydrogen (secondary N) is 1. The molecule has 1 N–H and O–H groups in total. The number of morpholine rings is 1. The van der Waals surface area contributed by atoms with Crippen molar-refractivity contribution in [1.82, 2.24) is 4.90 Å². The number of likely N-dealkylation sites (tertiary alicyclic amines) is 1. The molecule has 2 aliphatic rings. The van der Waals surface area contributed by atoms with Crippen molar-refractivity contribution in [1.29, 1.82) is 0 Å². The average Bonchev–Trinajstić information content (AvgIpc) is 3.38. The first-order valence-corrected chi connectivity index (χ1v) is 14.8. The summed E-state index contributed by atoms with van der Waals surface area (Å²) in [4.78, 5) is 30.6. The molecule has 1 amide bonds. The molecule has 0 atom stereocenters. The van der Waals surface area contributed by atoms with Crippen molar-refractivity contribution in [3.05, 3.63) is 70.9 Å². The minimum atomic E-state index is -0.0567. The van der Waals surface area contributed by atoms with Gasteiger partial charge in [0.05, 0.1) is 30.8 Å². The zero-order valence-electron chi connectivity index (χ0n) is 22.3. The predicted molar refractivity (Wildman–Crippen MR) is 163 cm³/mol. The highest BCUT2D eigenvalue weighted by Crippen LogP contribution is 2.45. The summed E-state index contributed by atoms with van der Waals surface area (Å²) < 4.78 is 14.2. The van der Waals surface area contributed by atoms with E-state index in [9.17, 15) is 9.59 Å². The van der Waals surface area contributed by atoms with Gasteiger partial charge in [-0.05, 0) is 44.1 Å². The van der Waals surface area contributed by atoms with Crippen LogP contribution in [0.15, 0.2) is 69.9 Å². The lowest BCUT2D eigenvalue weighted by molar-refractivity contribution is -0.117. The third-order valence-electron chi connectivity index (χ3n) is 7.97. The van der Waals surface area contributed by atoms with Gasteiger partial charge in [0.15, 0.2) is 11.3 Å². The highest BCUT2D eigenvalue weighted by Gasteiger charge is 2.21. The molecule has 5 aromatic rings. The summed E-state index contributed by atoms with van der Waals surface area (Å²) >= 11 is 1.70. The van der Waals surface area contributed by atoms with E-state index in [1.165, 1.54) is 6.42 Å². The molecule has 2 saturated heterocycles. The Morgan fingerprint density at radius 2 is 1.68 bits per heavy atom. The van der Waals surface area contributed by atoms with Gasteiger partial charge in [0.1, 0.15) is 5.58 Å². The quantitative estimate of drug-likeness (QED) is 0.284. The maximum atomic E-state index is 13.2. The minimum absolute atomic E-state index is 0.0116. The topological polar surface area (TPSA) is 75.0 Å². The molecule has 0 saturated carbocycles. The number of piperidine rings is 1. The van der Waals surface area contributed by atoms with Gasteiger partial charge in [0.2, 0.25) is 5.91 Å². The molecule has 2 aliphatic heterocycles. The Bertz CT molecular complexity index is 1780. The largest absolute Gasteiger partial charge is 0.440 e. The Hall–Kier alpha value is -3.72. The molecule has 0 unspecified atom stereocenters. The Morgan fingerprint density at radius 3 is 2.52 bits per heavy atom. The van der Waals surface area contributed by atoms with Crippen LogP contribution in [0.2, 0.25) is 0 Å². The van der Waals surface area contributed by atoms with Crippen molar-refractivity contribution in [3.8, 4) is 11.1 Å². The lowest BCUT2D eigenvalue weighted by atomic mass is 9.99. The fraction of sp³-hybridized carbons (Fsp3) is 0.312. The van der Waals surface area contributed by atoms with Crippen molar-refractivity contribution >= 4 is 60.0 Å². The van der Waals surface area contributed by atoms with Crippen LogP contribution in [0.5, 0.6) is 0 Å². The van der Waals surface area contributed by atoms with Crippen molar-refractivity contribution in [2.75, 3.05) is 56.2 Å². The molecule has 204 valence electrons. The van der Waals surface area contributed by atoms with Crippen LogP contribution in [0.1, 0.15) is 19.3 Å². The SMILES string of the molecule is O=C(CN1CCCCC1)Nc1ccc(-c2cccc3c(=O)cc(N4CCOCC4)oc23)c2sc3ccccc3c12. The minimum Gasteiger partial charge on any atom is -0.440 e. The number of hydrogen-bond donors (Lipinski definition) is 1. The van der Waals surface area contributed by atoms with Gasteiger partial charge in [-0.1, -0.05) is 42.8 Å². The van der Waals surface area contributed by atoms with Crippen LogP contribution >= 0.6 is 11.3 Å². The average molecular weight is 554 g/mol. The molecule has 7 rings (SSSR count). The summed E-state index contributed by atoms with van der Waals surface area (Å²) in [5.41, 5.74) is 3.19. The fourth-order valence-corrected chi connectivity index (χ4v) is 7.23. The first-order chi connectivity index (χ1) is 19.7. The summed E-state index contributed by atoms with van der Waals surface area (Å²) in [5, 5.41) is 5.91. The van der Waals surface area contributed by atoms with Gasteiger partial charge in [-0.15, -0.1) is 11.3 Å². The summed E-state index contributed by atoms with van der Waals surface area (Å²) in [5.74, 6) is 0.583. The molecule has 0 aliphatic carbocycles. The third-order valence-corrected chi connectivity index (χ3v) is 9.17.